The van der Waals surface area contributed by atoms with Crippen LogP contribution in [0.5, 0.6) is 0 Å². The molecule has 0 spiro atoms. The number of nitrogens with one attached hydrogen (secondary N) is 1. The van der Waals surface area contributed by atoms with E-state index in [0.717, 1.165) is 19.6 Å². The van der Waals surface area contributed by atoms with E-state index in [1.807, 2.05) is 6.33 Å². The molecule has 1 aromatic rings. The molecular weight excluding hydrogens is 236 g/mol. The Kier molecular flexibility index (Phi) is 5.40. The van der Waals surface area contributed by atoms with Crippen molar-refractivity contribution in [2.75, 3.05) is 26.7 Å². The molecule has 2 unspecified atom stereocenters. The van der Waals surface area contributed by atoms with Gasteiger partial charge in [-0.15, -0.1) is 0 Å². The number of hydrogen-bond acceptors (Lipinski definition) is 3. The van der Waals surface area contributed by atoms with Gasteiger partial charge in [-0.3, -0.25) is 4.90 Å². The molecule has 0 aromatic carbocycles. The van der Waals surface area contributed by atoms with E-state index in [9.17, 15) is 0 Å². The number of piperidine rings is 1. The van der Waals surface area contributed by atoms with E-state index in [2.05, 4.69) is 46.9 Å². The third-order valence-electron chi connectivity index (χ3n) is 4.23. The van der Waals surface area contributed by atoms with Gasteiger partial charge in [-0.1, -0.05) is 6.92 Å². The minimum absolute atomic E-state index is 0.514. The van der Waals surface area contributed by atoms with Crippen molar-refractivity contribution < 1.29 is 0 Å². The fourth-order valence-corrected chi connectivity index (χ4v) is 3.25. The Morgan fingerprint density at radius 1 is 1.42 bits per heavy atom. The molecule has 0 bridgehead atoms. The van der Waals surface area contributed by atoms with E-state index in [0.29, 0.717) is 12.0 Å². The maximum absolute atomic E-state index is 4.35. The normalized spacial score (nSPS) is 24.8. The van der Waals surface area contributed by atoms with Gasteiger partial charge < -0.3 is 9.88 Å². The zero-order chi connectivity index (χ0) is 13.7. The van der Waals surface area contributed by atoms with Crippen molar-refractivity contribution in [3.05, 3.63) is 18.2 Å². The first-order chi connectivity index (χ1) is 9.27. The van der Waals surface area contributed by atoms with Gasteiger partial charge in [0.1, 0.15) is 0 Å². The van der Waals surface area contributed by atoms with Crippen LogP contribution in [0, 0.1) is 5.92 Å². The summed E-state index contributed by atoms with van der Waals surface area (Å²) in [7, 11) is 2.25. The second-order valence-corrected chi connectivity index (χ2v) is 5.64. The van der Waals surface area contributed by atoms with E-state index >= 15 is 0 Å². The summed E-state index contributed by atoms with van der Waals surface area (Å²) in [6.07, 6.45) is 7.86. The number of rotatable bonds is 6. The Labute approximate surface area is 117 Å². The molecule has 2 heterocycles. The van der Waals surface area contributed by atoms with Crippen LogP contribution in [0.3, 0.4) is 0 Å². The fraction of sp³-hybridized carbons (Fsp3) is 0.800. The van der Waals surface area contributed by atoms with Crippen molar-refractivity contribution in [1.82, 2.24) is 19.8 Å². The van der Waals surface area contributed by atoms with E-state index < -0.39 is 0 Å². The highest BCUT2D eigenvalue weighted by Crippen LogP contribution is 2.34. The lowest BCUT2D eigenvalue weighted by atomic mass is 9.87. The van der Waals surface area contributed by atoms with Crippen LogP contribution in [0.15, 0.2) is 12.5 Å². The lowest BCUT2D eigenvalue weighted by Crippen LogP contribution is -2.41. The molecule has 0 radical (unpaired) electrons. The van der Waals surface area contributed by atoms with Crippen LogP contribution in [-0.4, -0.2) is 41.1 Å². The van der Waals surface area contributed by atoms with E-state index in [-0.39, 0.29) is 0 Å². The van der Waals surface area contributed by atoms with Crippen LogP contribution in [0.4, 0.5) is 0 Å². The summed E-state index contributed by atoms with van der Waals surface area (Å²) in [5.74, 6) is 0.701. The van der Waals surface area contributed by atoms with Crippen LogP contribution in [0.25, 0.3) is 0 Å². The van der Waals surface area contributed by atoms with Gasteiger partial charge in [-0.2, -0.15) is 0 Å². The molecule has 0 aliphatic carbocycles. The molecule has 1 aromatic heterocycles. The van der Waals surface area contributed by atoms with Crippen molar-refractivity contribution >= 4 is 0 Å². The van der Waals surface area contributed by atoms with E-state index in [1.54, 1.807) is 0 Å². The maximum atomic E-state index is 4.35. The first-order valence-electron chi connectivity index (χ1n) is 7.68. The molecule has 0 saturated carbocycles. The number of aromatic nitrogens is 2. The van der Waals surface area contributed by atoms with Gasteiger partial charge in [0.05, 0.1) is 18.1 Å². The molecule has 1 saturated heterocycles. The predicted octanol–water partition coefficient (Wildman–Crippen LogP) is 2.29. The van der Waals surface area contributed by atoms with Gasteiger partial charge in [0.2, 0.25) is 0 Å². The zero-order valence-corrected chi connectivity index (χ0v) is 12.6. The van der Waals surface area contributed by atoms with Crippen molar-refractivity contribution in [2.24, 2.45) is 5.92 Å². The molecule has 19 heavy (non-hydrogen) atoms. The standard InChI is InChI=1S/C15H28N4/c1-4-8-16-10-13-7-6-9-18(3)15(13)14-11-17-12-19(14)5-2/h11-13,15-16H,4-10H2,1-3H3. The van der Waals surface area contributed by atoms with Crippen LogP contribution in [0.1, 0.15) is 44.8 Å². The molecule has 1 N–H and O–H groups in total. The monoisotopic (exact) mass is 264 g/mol. The van der Waals surface area contributed by atoms with Gasteiger partial charge in [0.25, 0.3) is 0 Å². The average molecular weight is 264 g/mol. The smallest absolute Gasteiger partial charge is 0.0948 e. The SMILES string of the molecule is CCCNCC1CCCN(C)C1c1cncn1CC. The highest BCUT2D eigenvalue weighted by molar-refractivity contribution is 5.09. The number of nitrogens with zero attached hydrogens (tertiary/aromatic N) is 3. The lowest BCUT2D eigenvalue weighted by Gasteiger charge is -2.39. The molecule has 0 amide bonds. The summed E-state index contributed by atoms with van der Waals surface area (Å²) in [5, 5.41) is 3.60. The molecule has 1 aliphatic rings. The lowest BCUT2D eigenvalue weighted by molar-refractivity contribution is 0.113. The topological polar surface area (TPSA) is 33.1 Å². The van der Waals surface area contributed by atoms with Crippen molar-refractivity contribution in [1.29, 1.82) is 0 Å². The molecule has 2 rings (SSSR count). The van der Waals surface area contributed by atoms with Crippen molar-refractivity contribution in [3.63, 3.8) is 0 Å². The summed E-state index contributed by atoms with van der Waals surface area (Å²) >= 11 is 0. The molecule has 108 valence electrons. The molecule has 1 fully saturated rings. The number of hydrogen-bond donors (Lipinski definition) is 1. The Bertz CT molecular complexity index is 374. The summed E-state index contributed by atoms with van der Waals surface area (Å²) < 4.78 is 2.29. The Balaban J connectivity index is 2.11. The highest BCUT2D eigenvalue weighted by Gasteiger charge is 2.32. The van der Waals surface area contributed by atoms with Gasteiger partial charge in [0.15, 0.2) is 0 Å². The molecule has 4 heteroatoms. The Morgan fingerprint density at radius 3 is 3.00 bits per heavy atom. The summed E-state index contributed by atoms with van der Waals surface area (Å²) in [5.41, 5.74) is 1.38. The third-order valence-corrected chi connectivity index (χ3v) is 4.23. The second-order valence-electron chi connectivity index (χ2n) is 5.64. The van der Waals surface area contributed by atoms with Gasteiger partial charge in [-0.25, -0.2) is 4.98 Å². The summed E-state index contributed by atoms with van der Waals surface area (Å²) in [6, 6.07) is 0.514. The highest BCUT2D eigenvalue weighted by atomic mass is 15.2. The summed E-state index contributed by atoms with van der Waals surface area (Å²) in [4.78, 5) is 6.85. The Hall–Kier alpha value is -0.870. The summed E-state index contributed by atoms with van der Waals surface area (Å²) in [6.45, 7) is 8.87. The van der Waals surface area contributed by atoms with E-state index in [4.69, 9.17) is 0 Å². The molecular formula is C15H28N4. The van der Waals surface area contributed by atoms with Crippen molar-refractivity contribution in [2.45, 2.75) is 45.7 Å². The number of likely N-dealkylation sites (tertiary alicyclic amines) is 1. The predicted molar refractivity (Wildman–Crippen MR) is 79.2 cm³/mol. The number of imidazole rings is 1. The Morgan fingerprint density at radius 2 is 2.26 bits per heavy atom. The maximum Gasteiger partial charge on any atom is 0.0948 e. The molecule has 2 atom stereocenters. The average Bonchev–Trinajstić information content (AvgIpc) is 2.87. The van der Waals surface area contributed by atoms with Crippen LogP contribution >= 0.6 is 0 Å². The van der Waals surface area contributed by atoms with E-state index in [1.165, 1.54) is 31.5 Å². The second kappa shape index (κ2) is 7.06. The van der Waals surface area contributed by atoms with Gasteiger partial charge >= 0.3 is 0 Å². The zero-order valence-electron chi connectivity index (χ0n) is 12.6. The first-order valence-corrected chi connectivity index (χ1v) is 7.68. The first kappa shape index (κ1) is 14.5. The quantitative estimate of drug-likeness (QED) is 0.800. The van der Waals surface area contributed by atoms with Crippen LogP contribution < -0.4 is 5.32 Å². The minimum atomic E-state index is 0.514. The van der Waals surface area contributed by atoms with Crippen LogP contribution in [-0.2, 0) is 6.54 Å². The largest absolute Gasteiger partial charge is 0.333 e. The van der Waals surface area contributed by atoms with Gasteiger partial charge in [0, 0.05) is 12.7 Å². The van der Waals surface area contributed by atoms with Gasteiger partial charge in [-0.05, 0) is 58.8 Å². The minimum Gasteiger partial charge on any atom is -0.333 e. The fourth-order valence-electron chi connectivity index (χ4n) is 3.25. The molecule has 1 aliphatic heterocycles. The number of aryl methyl sites for hydroxylation is 1. The molecule has 4 nitrogen and oxygen atoms in total. The van der Waals surface area contributed by atoms with Crippen LogP contribution in [0.2, 0.25) is 0 Å². The third kappa shape index (κ3) is 3.37. The van der Waals surface area contributed by atoms with Crippen molar-refractivity contribution in [3.8, 4) is 0 Å².